The standard InChI is InChI=1S/C19H21ClN2O2/c1-13-4-9-18(10-14(13)2)21-19(24)12-22(15(3)23)11-16-5-7-17(20)8-6-16/h4-10H,11-12H2,1-3H3,(H,21,24). The van der Waals surface area contributed by atoms with Crippen LogP contribution in [0.4, 0.5) is 5.69 Å². The zero-order valence-electron chi connectivity index (χ0n) is 14.1. The van der Waals surface area contributed by atoms with Gasteiger partial charge < -0.3 is 10.2 Å². The monoisotopic (exact) mass is 344 g/mol. The molecule has 0 saturated carbocycles. The van der Waals surface area contributed by atoms with E-state index < -0.39 is 0 Å². The molecule has 4 nitrogen and oxygen atoms in total. The van der Waals surface area contributed by atoms with Crippen LogP contribution in [0.3, 0.4) is 0 Å². The summed E-state index contributed by atoms with van der Waals surface area (Å²) < 4.78 is 0. The quantitative estimate of drug-likeness (QED) is 0.893. The van der Waals surface area contributed by atoms with Crippen LogP contribution < -0.4 is 5.32 Å². The van der Waals surface area contributed by atoms with Crippen molar-refractivity contribution < 1.29 is 9.59 Å². The van der Waals surface area contributed by atoms with Gasteiger partial charge >= 0.3 is 0 Å². The number of benzene rings is 2. The van der Waals surface area contributed by atoms with E-state index in [0.29, 0.717) is 11.6 Å². The van der Waals surface area contributed by atoms with E-state index in [1.807, 2.05) is 44.2 Å². The van der Waals surface area contributed by atoms with Gasteiger partial charge in [-0.15, -0.1) is 0 Å². The third-order valence-electron chi connectivity index (χ3n) is 3.86. The van der Waals surface area contributed by atoms with Crippen LogP contribution in [0, 0.1) is 13.8 Å². The average Bonchev–Trinajstić information content (AvgIpc) is 2.52. The summed E-state index contributed by atoms with van der Waals surface area (Å²) in [5.74, 6) is -0.373. The summed E-state index contributed by atoms with van der Waals surface area (Å²) in [6.07, 6.45) is 0. The molecule has 5 heteroatoms. The van der Waals surface area contributed by atoms with Crippen LogP contribution in [-0.4, -0.2) is 23.3 Å². The molecule has 2 amide bonds. The van der Waals surface area contributed by atoms with E-state index in [1.54, 1.807) is 12.1 Å². The first-order chi connectivity index (χ1) is 11.3. The fourth-order valence-corrected chi connectivity index (χ4v) is 2.41. The van der Waals surface area contributed by atoms with Crippen LogP contribution in [-0.2, 0) is 16.1 Å². The van der Waals surface area contributed by atoms with Crippen molar-refractivity contribution in [3.63, 3.8) is 0 Å². The van der Waals surface area contributed by atoms with Gasteiger partial charge in [0.1, 0.15) is 6.54 Å². The Morgan fingerprint density at radius 1 is 1.04 bits per heavy atom. The Bertz CT molecular complexity index is 742. The molecule has 0 unspecified atom stereocenters. The lowest BCUT2D eigenvalue weighted by molar-refractivity contribution is -0.133. The second kappa shape index (κ2) is 7.97. The van der Waals surface area contributed by atoms with Gasteiger partial charge in [-0.05, 0) is 54.8 Å². The lowest BCUT2D eigenvalue weighted by Crippen LogP contribution is -2.36. The Balaban J connectivity index is 2.01. The predicted octanol–water partition coefficient (Wildman–Crippen LogP) is 3.94. The molecule has 0 aliphatic carbocycles. The van der Waals surface area contributed by atoms with Crippen molar-refractivity contribution in [1.29, 1.82) is 0 Å². The lowest BCUT2D eigenvalue weighted by Gasteiger charge is -2.21. The molecule has 0 bridgehead atoms. The third kappa shape index (κ3) is 5.10. The second-order valence-electron chi connectivity index (χ2n) is 5.85. The first kappa shape index (κ1) is 18.0. The van der Waals surface area contributed by atoms with Gasteiger partial charge in [0, 0.05) is 24.2 Å². The van der Waals surface area contributed by atoms with Gasteiger partial charge in [0.15, 0.2) is 0 Å². The first-order valence-electron chi connectivity index (χ1n) is 7.72. The molecule has 0 atom stereocenters. The van der Waals surface area contributed by atoms with E-state index in [9.17, 15) is 9.59 Å². The Kier molecular flexibility index (Phi) is 5.99. The number of rotatable bonds is 5. The minimum absolute atomic E-state index is 0.00485. The summed E-state index contributed by atoms with van der Waals surface area (Å²) in [5.41, 5.74) is 3.94. The van der Waals surface area contributed by atoms with Crippen molar-refractivity contribution in [1.82, 2.24) is 4.90 Å². The molecule has 0 spiro atoms. The highest BCUT2D eigenvalue weighted by atomic mass is 35.5. The first-order valence-corrected chi connectivity index (χ1v) is 8.10. The largest absolute Gasteiger partial charge is 0.329 e. The molecule has 0 saturated heterocycles. The molecule has 0 heterocycles. The average molecular weight is 345 g/mol. The summed E-state index contributed by atoms with van der Waals surface area (Å²) >= 11 is 5.86. The predicted molar refractivity (Wildman–Crippen MR) is 97.1 cm³/mol. The van der Waals surface area contributed by atoms with Crippen LogP contribution >= 0.6 is 11.6 Å². The summed E-state index contributed by atoms with van der Waals surface area (Å²) in [6.45, 7) is 5.84. The Morgan fingerprint density at radius 3 is 2.29 bits per heavy atom. The molecule has 1 N–H and O–H groups in total. The summed E-state index contributed by atoms with van der Waals surface area (Å²) in [6, 6.07) is 13.0. The van der Waals surface area contributed by atoms with Crippen LogP contribution in [0.15, 0.2) is 42.5 Å². The maximum Gasteiger partial charge on any atom is 0.244 e. The highest BCUT2D eigenvalue weighted by Gasteiger charge is 2.14. The molecule has 0 aromatic heterocycles. The number of amides is 2. The maximum atomic E-state index is 12.2. The highest BCUT2D eigenvalue weighted by molar-refractivity contribution is 6.30. The van der Waals surface area contributed by atoms with Crippen molar-refractivity contribution in [2.75, 3.05) is 11.9 Å². The Hall–Kier alpha value is -2.33. The molecule has 0 aliphatic rings. The molecule has 0 aliphatic heterocycles. The summed E-state index contributed by atoms with van der Waals surface area (Å²) in [4.78, 5) is 25.6. The molecule has 2 aromatic rings. The number of nitrogens with one attached hydrogen (secondary N) is 1. The zero-order valence-corrected chi connectivity index (χ0v) is 14.9. The highest BCUT2D eigenvalue weighted by Crippen LogP contribution is 2.15. The van der Waals surface area contributed by atoms with Crippen molar-refractivity contribution in [2.24, 2.45) is 0 Å². The lowest BCUT2D eigenvalue weighted by atomic mass is 10.1. The van der Waals surface area contributed by atoms with Crippen LogP contribution in [0.1, 0.15) is 23.6 Å². The minimum Gasteiger partial charge on any atom is -0.329 e. The van der Waals surface area contributed by atoms with E-state index in [2.05, 4.69) is 5.32 Å². The fraction of sp³-hybridized carbons (Fsp3) is 0.263. The van der Waals surface area contributed by atoms with Gasteiger partial charge in [-0.3, -0.25) is 9.59 Å². The number of halogens is 1. The number of hydrogen-bond acceptors (Lipinski definition) is 2. The van der Waals surface area contributed by atoms with E-state index >= 15 is 0 Å². The molecule has 126 valence electrons. The molecule has 2 aromatic carbocycles. The Labute approximate surface area is 147 Å². The van der Waals surface area contributed by atoms with Gasteiger partial charge in [-0.1, -0.05) is 29.8 Å². The molecule has 0 radical (unpaired) electrons. The van der Waals surface area contributed by atoms with Gasteiger partial charge in [0.05, 0.1) is 0 Å². The van der Waals surface area contributed by atoms with Crippen molar-refractivity contribution >= 4 is 29.1 Å². The van der Waals surface area contributed by atoms with Gasteiger partial charge in [0.2, 0.25) is 11.8 Å². The Morgan fingerprint density at radius 2 is 1.71 bits per heavy atom. The van der Waals surface area contributed by atoms with Crippen LogP contribution in [0.25, 0.3) is 0 Å². The van der Waals surface area contributed by atoms with E-state index in [0.717, 1.165) is 16.8 Å². The van der Waals surface area contributed by atoms with E-state index in [-0.39, 0.29) is 18.4 Å². The zero-order chi connectivity index (χ0) is 17.7. The minimum atomic E-state index is -0.220. The summed E-state index contributed by atoms with van der Waals surface area (Å²) in [5, 5.41) is 3.48. The van der Waals surface area contributed by atoms with Crippen molar-refractivity contribution in [3.8, 4) is 0 Å². The molecule has 0 fully saturated rings. The number of carbonyl (C=O) groups is 2. The SMILES string of the molecule is CC(=O)N(CC(=O)Nc1ccc(C)c(C)c1)Cc1ccc(Cl)cc1. The maximum absolute atomic E-state index is 12.2. The van der Waals surface area contributed by atoms with Crippen molar-refractivity contribution in [3.05, 3.63) is 64.2 Å². The third-order valence-corrected chi connectivity index (χ3v) is 4.11. The number of hydrogen-bond donors (Lipinski definition) is 1. The van der Waals surface area contributed by atoms with Crippen molar-refractivity contribution in [2.45, 2.75) is 27.3 Å². The smallest absolute Gasteiger partial charge is 0.244 e. The number of carbonyl (C=O) groups excluding carboxylic acids is 2. The molecule has 24 heavy (non-hydrogen) atoms. The van der Waals surface area contributed by atoms with Crippen LogP contribution in [0.5, 0.6) is 0 Å². The fourth-order valence-electron chi connectivity index (χ4n) is 2.28. The van der Waals surface area contributed by atoms with Crippen LogP contribution in [0.2, 0.25) is 5.02 Å². The van der Waals surface area contributed by atoms with E-state index in [1.165, 1.54) is 17.4 Å². The number of anilines is 1. The van der Waals surface area contributed by atoms with Gasteiger partial charge in [0.25, 0.3) is 0 Å². The molecule has 2 rings (SSSR count). The molecular weight excluding hydrogens is 324 g/mol. The summed E-state index contributed by atoms with van der Waals surface area (Å²) in [7, 11) is 0. The molecular formula is C19H21ClN2O2. The number of nitrogens with zero attached hydrogens (tertiary/aromatic N) is 1. The van der Waals surface area contributed by atoms with E-state index in [4.69, 9.17) is 11.6 Å². The van der Waals surface area contributed by atoms with Gasteiger partial charge in [-0.25, -0.2) is 0 Å². The second-order valence-corrected chi connectivity index (χ2v) is 6.29. The normalized spacial score (nSPS) is 10.3. The topological polar surface area (TPSA) is 49.4 Å². The number of aryl methyl sites for hydroxylation is 2. The van der Waals surface area contributed by atoms with Gasteiger partial charge in [-0.2, -0.15) is 0 Å².